The molecule has 0 unspecified atom stereocenters. The molecule has 1 saturated heterocycles. The number of benzene rings is 2. The molecule has 1 amide bonds. The number of hydrogen-bond donors (Lipinski definition) is 3. The molecule has 176 valence electrons. The van der Waals surface area contributed by atoms with Crippen molar-refractivity contribution >= 4 is 28.4 Å². The van der Waals surface area contributed by atoms with Gasteiger partial charge in [0.25, 0.3) is 5.91 Å². The number of amides is 1. The van der Waals surface area contributed by atoms with E-state index in [1.807, 2.05) is 25.1 Å². The number of imidazole rings is 1. The third-order valence-corrected chi connectivity index (χ3v) is 6.57. The van der Waals surface area contributed by atoms with Crippen LogP contribution >= 0.6 is 0 Å². The summed E-state index contributed by atoms with van der Waals surface area (Å²) in [5.41, 5.74) is 4.20. The van der Waals surface area contributed by atoms with Crippen molar-refractivity contribution < 1.29 is 13.6 Å². The topological polar surface area (TPSA) is 73.0 Å². The van der Waals surface area contributed by atoms with E-state index in [1.165, 1.54) is 6.07 Å². The third-order valence-electron chi connectivity index (χ3n) is 6.57. The van der Waals surface area contributed by atoms with E-state index >= 15 is 0 Å². The van der Waals surface area contributed by atoms with E-state index in [0.717, 1.165) is 56.0 Å². The van der Waals surface area contributed by atoms with Gasteiger partial charge in [-0.2, -0.15) is 0 Å². The Morgan fingerprint density at radius 3 is 2.62 bits per heavy atom. The smallest absolute Gasteiger partial charge is 0.257 e. The number of nitrogens with zero attached hydrogens (tertiary/aromatic N) is 2. The molecule has 0 spiro atoms. The molecule has 3 N–H and O–H groups in total. The van der Waals surface area contributed by atoms with Gasteiger partial charge in [0.15, 0.2) is 11.6 Å². The van der Waals surface area contributed by atoms with Crippen molar-refractivity contribution in [2.75, 3.05) is 30.3 Å². The van der Waals surface area contributed by atoms with Crippen LogP contribution in [0.3, 0.4) is 0 Å². The second-order valence-electron chi connectivity index (χ2n) is 8.84. The SMILES string of the molecule is CCN1CCC(Nc2ccc3c(c2)/C(=C(\c2ccc(F)c(F)c2)c2nc(C)c[nH]2)C(=O)N3)CC1. The summed E-state index contributed by atoms with van der Waals surface area (Å²) in [4.78, 5) is 23.1. The zero-order chi connectivity index (χ0) is 23.8. The minimum Gasteiger partial charge on any atom is -0.382 e. The van der Waals surface area contributed by atoms with Gasteiger partial charge in [0.2, 0.25) is 0 Å². The van der Waals surface area contributed by atoms with Crippen LogP contribution in [0.5, 0.6) is 0 Å². The van der Waals surface area contributed by atoms with Crippen LogP contribution in [0.15, 0.2) is 42.6 Å². The number of fused-ring (bicyclic) bond motifs is 1. The Bertz CT molecular complexity index is 1270. The number of likely N-dealkylation sites (tertiary alicyclic amines) is 1. The summed E-state index contributed by atoms with van der Waals surface area (Å²) in [5.74, 6) is -1.81. The summed E-state index contributed by atoms with van der Waals surface area (Å²) in [5, 5.41) is 6.51. The highest BCUT2D eigenvalue weighted by atomic mass is 19.2. The van der Waals surface area contributed by atoms with Gasteiger partial charge >= 0.3 is 0 Å². The maximum Gasteiger partial charge on any atom is 0.257 e. The Balaban J connectivity index is 1.58. The summed E-state index contributed by atoms with van der Waals surface area (Å²) in [6.45, 7) is 7.18. The molecule has 34 heavy (non-hydrogen) atoms. The first kappa shape index (κ1) is 22.3. The summed E-state index contributed by atoms with van der Waals surface area (Å²) in [7, 11) is 0. The molecule has 0 saturated carbocycles. The van der Waals surface area contributed by atoms with Gasteiger partial charge in [-0.1, -0.05) is 13.0 Å². The average Bonchev–Trinajstić information content (AvgIpc) is 3.40. The Morgan fingerprint density at radius 1 is 1.15 bits per heavy atom. The number of carbonyl (C=O) groups excluding carboxylic acids is 1. The first-order valence-electron chi connectivity index (χ1n) is 11.6. The molecule has 3 heterocycles. The molecule has 2 aliphatic heterocycles. The van der Waals surface area contributed by atoms with Crippen LogP contribution in [0.25, 0.3) is 11.1 Å². The van der Waals surface area contributed by atoms with Crippen LogP contribution in [0, 0.1) is 18.6 Å². The normalized spacial score (nSPS) is 18.1. The van der Waals surface area contributed by atoms with E-state index in [9.17, 15) is 13.6 Å². The lowest BCUT2D eigenvalue weighted by Gasteiger charge is -2.32. The number of hydrogen-bond acceptors (Lipinski definition) is 4. The fraction of sp³-hybridized carbons (Fsp3) is 0.308. The maximum absolute atomic E-state index is 14.2. The van der Waals surface area contributed by atoms with Gasteiger partial charge < -0.3 is 20.5 Å². The quantitative estimate of drug-likeness (QED) is 0.475. The van der Waals surface area contributed by atoms with Crippen LogP contribution < -0.4 is 10.6 Å². The van der Waals surface area contributed by atoms with E-state index in [1.54, 1.807) is 6.20 Å². The molecule has 0 bridgehead atoms. The van der Waals surface area contributed by atoms with Gasteiger partial charge in [-0.25, -0.2) is 13.8 Å². The van der Waals surface area contributed by atoms with E-state index in [2.05, 4.69) is 32.4 Å². The highest BCUT2D eigenvalue weighted by molar-refractivity contribution is 6.38. The van der Waals surface area contributed by atoms with Crippen molar-refractivity contribution in [3.8, 4) is 0 Å². The van der Waals surface area contributed by atoms with Gasteiger partial charge in [0.1, 0.15) is 5.82 Å². The fourth-order valence-corrected chi connectivity index (χ4v) is 4.73. The Morgan fingerprint density at radius 2 is 1.94 bits per heavy atom. The number of aryl methyl sites for hydroxylation is 1. The van der Waals surface area contributed by atoms with Crippen LogP contribution in [-0.2, 0) is 4.79 Å². The van der Waals surface area contributed by atoms with Crippen molar-refractivity contribution in [1.29, 1.82) is 0 Å². The van der Waals surface area contributed by atoms with Crippen LogP contribution in [0.2, 0.25) is 0 Å². The van der Waals surface area contributed by atoms with Crippen molar-refractivity contribution in [3.05, 3.63) is 76.9 Å². The van der Waals surface area contributed by atoms with E-state index in [4.69, 9.17) is 0 Å². The standard InChI is InChI=1S/C26H27F2N5O/c1-3-33-10-8-17(9-11-33)31-18-5-7-22-19(13-18)24(26(34)32-22)23(25-29-14-15(2)30-25)16-4-6-20(27)21(28)12-16/h4-7,12-14,17,31H,3,8-11H2,1-2H3,(H,29,30)(H,32,34)/b24-23-. The van der Waals surface area contributed by atoms with Crippen molar-refractivity contribution in [3.63, 3.8) is 0 Å². The van der Waals surface area contributed by atoms with Crippen LogP contribution in [0.4, 0.5) is 20.2 Å². The van der Waals surface area contributed by atoms with Crippen molar-refractivity contribution in [1.82, 2.24) is 14.9 Å². The van der Waals surface area contributed by atoms with Gasteiger partial charge in [0, 0.05) is 47.8 Å². The molecular formula is C26H27F2N5O. The molecule has 1 fully saturated rings. The largest absolute Gasteiger partial charge is 0.382 e. The first-order chi connectivity index (χ1) is 16.4. The number of aromatic amines is 1. The number of piperidine rings is 1. The van der Waals surface area contributed by atoms with Gasteiger partial charge in [0.05, 0.1) is 11.3 Å². The van der Waals surface area contributed by atoms with Gasteiger partial charge in [-0.15, -0.1) is 0 Å². The zero-order valence-corrected chi connectivity index (χ0v) is 19.2. The van der Waals surface area contributed by atoms with Crippen molar-refractivity contribution in [2.45, 2.75) is 32.7 Å². The molecule has 6 nitrogen and oxygen atoms in total. The van der Waals surface area contributed by atoms with Gasteiger partial charge in [-0.3, -0.25) is 4.79 Å². The average molecular weight is 464 g/mol. The molecule has 0 aliphatic carbocycles. The Hall–Kier alpha value is -3.52. The van der Waals surface area contributed by atoms with E-state index < -0.39 is 11.6 Å². The molecule has 0 atom stereocenters. The van der Waals surface area contributed by atoms with Crippen molar-refractivity contribution in [2.24, 2.45) is 0 Å². The number of aromatic nitrogens is 2. The fourth-order valence-electron chi connectivity index (χ4n) is 4.73. The Kier molecular flexibility index (Phi) is 5.91. The molecule has 5 rings (SSSR count). The lowest BCUT2D eigenvalue weighted by atomic mass is 9.94. The third kappa shape index (κ3) is 4.21. The van der Waals surface area contributed by atoms with E-state index in [-0.39, 0.29) is 5.91 Å². The molecule has 2 aliphatic rings. The highest BCUT2D eigenvalue weighted by Gasteiger charge is 2.31. The lowest BCUT2D eigenvalue weighted by Crippen LogP contribution is -2.38. The molecule has 2 aromatic carbocycles. The summed E-state index contributed by atoms with van der Waals surface area (Å²) in [6.07, 6.45) is 3.82. The number of halogens is 2. The summed E-state index contributed by atoms with van der Waals surface area (Å²) >= 11 is 0. The van der Waals surface area contributed by atoms with Gasteiger partial charge in [-0.05, 0) is 62.2 Å². The molecule has 1 aromatic heterocycles. The summed E-state index contributed by atoms with van der Waals surface area (Å²) < 4.78 is 27.9. The number of H-pyrrole nitrogens is 1. The predicted octanol–water partition coefficient (Wildman–Crippen LogP) is 4.80. The summed E-state index contributed by atoms with van der Waals surface area (Å²) in [6, 6.07) is 9.78. The van der Waals surface area contributed by atoms with Crippen LogP contribution in [0.1, 0.15) is 42.4 Å². The number of nitrogens with one attached hydrogen (secondary N) is 3. The second kappa shape index (κ2) is 9.02. The number of rotatable bonds is 5. The predicted molar refractivity (Wildman–Crippen MR) is 129 cm³/mol. The monoisotopic (exact) mass is 463 g/mol. The maximum atomic E-state index is 14.2. The zero-order valence-electron chi connectivity index (χ0n) is 19.2. The van der Waals surface area contributed by atoms with Crippen LogP contribution in [-0.4, -0.2) is 46.5 Å². The number of carbonyl (C=O) groups is 1. The first-order valence-corrected chi connectivity index (χ1v) is 11.6. The molecule has 8 heteroatoms. The molecule has 3 aromatic rings. The minimum atomic E-state index is -0.980. The molecular weight excluding hydrogens is 436 g/mol. The lowest BCUT2D eigenvalue weighted by molar-refractivity contribution is -0.110. The number of anilines is 2. The minimum absolute atomic E-state index is 0.308. The molecule has 0 radical (unpaired) electrons. The second-order valence-corrected chi connectivity index (χ2v) is 8.84. The van der Waals surface area contributed by atoms with E-state index in [0.29, 0.717) is 39.8 Å². The highest BCUT2D eigenvalue weighted by Crippen LogP contribution is 2.41. The Labute approximate surface area is 197 Å².